The second-order valence-electron chi connectivity index (χ2n) is 1.07. The van der Waals surface area contributed by atoms with Gasteiger partial charge in [-0.15, -0.1) is 11.3 Å². The van der Waals surface area contributed by atoms with E-state index in [9.17, 15) is 0 Å². The molecule has 0 aromatic carbocycles. The van der Waals surface area contributed by atoms with Crippen LogP contribution in [0, 0.1) is 0 Å². The second-order valence-corrected chi connectivity index (χ2v) is 3.05. The van der Waals surface area contributed by atoms with Crippen molar-refractivity contribution in [3.8, 4) is 0 Å². The predicted octanol–water partition coefficient (Wildman–Crippen LogP) is 3.05. The summed E-state index contributed by atoms with van der Waals surface area (Å²) in [5.41, 5.74) is 0. The highest BCUT2D eigenvalue weighted by molar-refractivity contribution is 7.14. The molecule has 1 aromatic rings. The Labute approximate surface area is 55.7 Å². The summed E-state index contributed by atoms with van der Waals surface area (Å²) in [7, 11) is 0. The quantitative estimate of drug-likeness (QED) is 0.537. The maximum absolute atomic E-state index is 5.49. The van der Waals surface area contributed by atoms with E-state index in [0.717, 1.165) is 9.36 Å². The Morgan fingerprint density at radius 1 is 1.43 bits per heavy atom. The van der Waals surface area contributed by atoms with Crippen LogP contribution >= 0.6 is 34.5 Å². The fourth-order valence-electron chi connectivity index (χ4n) is 0.289. The molecule has 7 heavy (non-hydrogen) atoms. The third-order valence-corrected chi connectivity index (χ3v) is 1.97. The molecule has 0 spiro atoms. The van der Waals surface area contributed by atoms with E-state index < -0.39 is 0 Å². The van der Waals surface area contributed by atoms with Gasteiger partial charge in [0.15, 0.2) is 0 Å². The monoisotopic (exact) mass is 152 g/mol. The Balaban J connectivity index is 3.04. The standard InChI is InChI=1S/C4H2Cl2S/c5-3-1-4(6)7-2-3/h1-2H. The van der Waals surface area contributed by atoms with Gasteiger partial charge in [-0.25, -0.2) is 0 Å². The van der Waals surface area contributed by atoms with E-state index in [-0.39, 0.29) is 0 Å². The third kappa shape index (κ3) is 1.34. The molecule has 0 N–H and O–H groups in total. The van der Waals surface area contributed by atoms with Gasteiger partial charge in [0.05, 0.1) is 9.36 Å². The van der Waals surface area contributed by atoms with Gasteiger partial charge in [0, 0.05) is 5.38 Å². The molecule has 0 unspecified atom stereocenters. The Hall–Kier alpha value is 0.280. The molecule has 0 aliphatic heterocycles. The number of hydrogen-bond donors (Lipinski definition) is 0. The maximum Gasteiger partial charge on any atom is 0.0943 e. The molecular weight excluding hydrogens is 151 g/mol. The number of hydrogen-bond acceptors (Lipinski definition) is 1. The normalized spacial score (nSPS) is 9.43. The van der Waals surface area contributed by atoms with Crippen molar-refractivity contribution in [2.75, 3.05) is 0 Å². The van der Waals surface area contributed by atoms with Crippen LogP contribution in [-0.2, 0) is 0 Å². The van der Waals surface area contributed by atoms with Crippen LogP contribution in [0.2, 0.25) is 9.36 Å². The predicted molar refractivity (Wildman–Crippen MR) is 34.3 cm³/mol. The molecule has 0 nitrogen and oxygen atoms in total. The molecule has 38 valence electrons. The molecule has 0 saturated heterocycles. The molecule has 0 saturated carbocycles. The first kappa shape index (κ1) is 5.42. The van der Waals surface area contributed by atoms with Crippen molar-refractivity contribution in [2.24, 2.45) is 0 Å². The fourth-order valence-corrected chi connectivity index (χ4v) is 1.39. The second kappa shape index (κ2) is 2.03. The van der Waals surface area contributed by atoms with Gasteiger partial charge >= 0.3 is 0 Å². The minimum absolute atomic E-state index is 0.718. The molecule has 0 atom stereocenters. The lowest BCUT2D eigenvalue weighted by Gasteiger charge is -1.65. The van der Waals surface area contributed by atoms with Crippen molar-refractivity contribution in [2.45, 2.75) is 0 Å². The van der Waals surface area contributed by atoms with E-state index in [2.05, 4.69) is 0 Å². The summed E-state index contributed by atoms with van der Waals surface area (Å²) in [4.78, 5) is 0. The molecule has 0 amide bonds. The molecule has 1 rings (SSSR count). The first-order chi connectivity index (χ1) is 3.29. The Bertz CT molecular complexity index is 142. The van der Waals surface area contributed by atoms with Crippen molar-refractivity contribution in [3.05, 3.63) is 20.8 Å². The summed E-state index contributed by atoms with van der Waals surface area (Å²) in [6.07, 6.45) is 0. The molecule has 1 heterocycles. The average Bonchev–Trinajstić information content (AvgIpc) is 1.87. The summed E-state index contributed by atoms with van der Waals surface area (Å²) in [5, 5.41) is 2.51. The first-order valence-electron chi connectivity index (χ1n) is 1.68. The Kier molecular flexibility index (Phi) is 1.57. The SMILES string of the molecule is Clc1csc(Cl)c1. The summed E-state index contributed by atoms with van der Waals surface area (Å²) in [6, 6.07) is 1.72. The van der Waals surface area contributed by atoms with Crippen LogP contribution in [0.5, 0.6) is 0 Å². The van der Waals surface area contributed by atoms with Crippen molar-refractivity contribution < 1.29 is 0 Å². The summed E-state index contributed by atoms with van der Waals surface area (Å²) < 4.78 is 0.741. The lowest BCUT2D eigenvalue weighted by molar-refractivity contribution is 2.01. The third-order valence-electron chi connectivity index (χ3n) is 0.535. The van der Waals surface area contributed by atoms with Crippen LogP contribution in [-0.4, -0.2) is 0 Å². The lowest BCUT2D eigenvalue weighted by atomic mass is 10.7. The molecule has 1 aromatic heterocycles. The smallest absolute Gasteiger partial charge is 0.0943 e. The molecule has 0 aliphatic carbocycles. The fraction of sp³-hybridized carbons (Fsp3) is 0. The summed E-state index contributed by atoms with van der Waals surface area (Å²) >= 11 is 12.4. The van der Waals surface area contributed by atoms with E-state index in [1.807, 2.05) is 0 Å². The number of rotatable bonds is 0. The average molecular weight is 153 g/mol. The molecule has 0 fully saturated rings. The zero-order chi connectivity index (χ0) is 5.28. The molecular formula is C4H2Cl2S. The van der Waals surface area contributed by atoms with E-state index in [1.165, 1.54) is 11.3 Å². The van der Waals surface area contributed by atoms with E-state index in [1.54, 1.807) is 11.4 Å². The van der Waals surface area contributed by atoms with Crippen LogP contribution in [0.15, 0.2) is 11.4 Å². The van der Waals surface area contributed by atoms with Crippen molar-refractivity contribution in [1.29, 1.82) is 0 Å². The van der Waals surface area contributed by atoms with Crippen LogP contribution in [0.1, 0.15) is 0 Å². The maximum atomic E-state index is 5.49. The van der Waals surface area contributed by atoms with E-state index >= 15 is 0 Å². The van der Waals surface area contributed by atoms with Gasteiger partial charge in [-0.3, -0.25) is 0 Å². The van der Waals surface area contributed by atoms with Gasteiger partial charge in [0.1, 0.15) is 0 Å². The van der Waals surface area contributed by atoms with Crippen molar-refractivity contribution >= 4 is 34.5 Å². The van der Waals surface area contributed by atoms with Gasteiger partial charge < -0.3 is 0 Å². The summed E-state index contributed by atoms with van der Waals surface area (Å²) in [5.74, 6) is 0. The van der Waals surface area contributed by atoms with Crippen LogP contribution in [0.3, 0.4) is 0 Å². The van der Waals surface area contributed by atoms with Gasteiger partial charge in [-0.1, -0.05) is 23.2 Å². The minimum Gasteiger partial charge on any atom is -0.130 e. The van der Waals surface area contributed by atoms with Gasteiger partial charge in [0.2, 0.25) is 0 Å². The van der Waals surface area contributed by atoms with E-state index in [0.29, 0.717) is 0 Å². The van der Waals surface area contributed by atoms with Crippen LogP contribution in [0.4, 0.5) is 0 Å². The molecule has 3 heteroatoms. The zero-order valence-electron chi connectivity index (χ0n) is 3.32. The molecule has 0 aliphatic rings. The van der Waals surface area contributed by atoms with Crippen molar-refractivity contribution in [1.82, 2.24) is 0 Å². The number of thiophene rings is 1. The van der Waals surface area contributed by atoms with Gasteiger partial charge in [-0.2, -0.15) is 0 Å². The first-order valence-corrected chi connectivity index (χ1v) is 3.32. The topological polar surface area (TPSA) is 0 Å². The lowest BCUT2D eigenvalue weighted by Crippen LogP contribution is -1.38. The van der Waals surface area contributed by atoms with Crippen molar-refractivity contribution in [3.63, 3.8) is 0 Å². The largest absolute Gasteiger partial charge is 0.130 e. The highest BCUT2D eigenvalue weighted by Gasteiger charge is 1.88. The highest BCUT2D eigenvalue weighted by Crippen LogP contribution is 2.22. The van der Waals surface area contributed by atoms with E-state index in [4.69, 9.17) is 23.2 Å². The van der Waals surface area contributed by atoms with Crippen LogP contribution in [0.25, 0.3) is 0 Å². The zero-order valence-corrected chi connectivity index (χ0v) is 5.65. The minimum atomic E-state index is 0.718. The summed E-state index contributed by atoms with van der Waals surface area (Å²) in [6.45, 7) is 0. The van der Waals surface area contributed by atoms with Crippen LogP contribution < -0.4 is 0 Å². The highest BCUT2D eigenvalue weighted by atomic mass is 35.5. The Morgan fingerprint density at radius 3 is 2.29 bits per heavy atom. The van der Waals surface area contributed by atoms with Gasteiger partial charge in [-0.05, 0) is 6.07 Å². The molecule has 0 radical (unpaired) electrons. The number of halogens is 2. The Morgan fingerprint density at radius 2 is 2.14 bits per heavy atom. The molecule has 0 bridgehead atoms. The van der Waals surface area contributed by atoms with Gasteiger partial charge in [0.25, 0.3) is 0 Å².